The van der Waals surface area contributed by atoms with Gasteiger partial charge in [0.15, 0.2) is 0 Å². The fourth-order valence-corrected chi connectivity index (χ4v) is 1.29. The molecule has 0 unspecified atom stereocenters. The quantitative estimate of drug-likeness (QED) is 0.555. The van der Waals surface area contributed by atoms with E-state index in [0.717, 1.165) is 18.5 Å². The average Bonchev–Trinajstić information content (AvgIpc) is 2.27. The van der Waals surface area contributed by atoms with Crippen molar-refractivity contribution in [2.45, 2.75) is 26.7 Å². The van der Waals surface area contributed by atoms with E-state index in [1.165, 1.54) is 5.57 Å². The van der Waals surface area contributed by atoms with Gasteiger partial charge in [0.05, 0.1) is 0 Å². The van der Waals surface area contributed by atoms with Crippen LogP contribution in [0.1, 0.15) is 26.7 Å². The minimum Gasteiger partial charge on any atom is -0.325 e. The van der Waals surface area contributed by atoms with Crippen LogP contribution in [0.15, 0.2) is 61.6 Å². The maximum Gasteiger partial charge on any atom is 0.0400 e. The maximum atomic E-state index is 3.80. The summed E-state index contributed by atoms with van der Waals surface area (Å²) in [7, 11) is 0. The molecule has 0 aliphatic rings. The highest BCUT2D eigenvalue weighted by Crippen LogP contribution is 2.13. The summed E-state index contributed by atoms with van der Waals surface area (Å²) in [5.74, 6) is 0. The molecular weight excluding hydrogens is 182 g/mol. The van der Waals surface area contributed by atoms with E-state index < -0.39 is 0 Å². The first-order valence-electron chi connectivity index (χ1n) is 5.26. The monoisotopic (exact) mass is 203 g/mol. The Hall–Kier alpha value is -1.50. The highest BCUT2D eigenvalue weighted by Gasteiger charge is 1.99. The summed E-state index contributed by atoms with van der Waals surface area (Å²) in [6.45, 7) is 15.5. The van der Waals surface area contributed by atoms with Crippen molar-refractivity contribution < 1.29 is 0 Å². The summed E-state index contributed by atoms with van der Waals surface area (Å²) in [5.41, 5.74) is 2.24. The molecule has 0 aliphatic heterocycles. The van der Waals surface area contributed by atoms with E-state index in [1.807, 2.05) is 36.3 Å². The summed E-state index contributed by atoms with van der Waals surface area (Å²) in [5, 5.41) is 0. The zero-order chi connectivity index (χ0) is 11.7. The van der Waals surface area contributed by atoms with Gasteiger partial charge in [-0.05, 0) is 25.0 Å². The predicted octanol–water partition coefficient (Wildman–Crippen LogP) is 4.39. The van der Waals surface area contributed by atoms with Crippen LogP contribution in [0.25, 0.3) is 0 Å². The Morgan fingerprint density at radius 1 is 1.20 bits per heavy atom. The van der Waals surface area contributed by atoms with Gasteiger partial charge < -0.3 is 4.90 Å². The third-order valence-electron chi connectivity index (χ3n) is 2.11. The fraction of sp³-hybridized carbons (Fsp3) is 0.286. The van der Waals surface area contributed by atoms with E-state index in [9.17, 15) is 0 Å². The lowest BCUT2D eigenvalue weighted by molar-refractivity contribution is 0.641. The van der Waals surface area contributed by atoms with Gasteiger partial charge in [-0.25, -0.2) is 0 Å². The largest absolute Gasteiger partial charge is 0.325 e. The molecule has 0 aromatic heterocycles. The molecule has 0 N–H and O–H groups in total. The lowest BCUT2D eigenvalue weighted by Gasteiger charge is -2.17. The van der Waals surface area contributed by atoms with Crippen LogP contribution in [0.2, 0.25) is 0 Å². The molecule has 0 atom stereocenters. The van der Waals surface area contributed by atoms with Crippen molar-refractivity contribution in [3.05, 3.63) is 61.6 Å². The molecule has 0 amide bonds. The SMILES string of the molecule is C=C/C(=C\N(C=C)/C(C=C)=C/C)CCC. The van der Waals surface area contributed by atoms with Crippen LogP contribution >= 0.6 is 0 Å². The minimum atomic E-state index is 1.03. The van der Waals surface area contributed by atoms with Gasteiger partial charge in [-0.1, -0.05) is 45.2 Å². The summed E-state index contributed by atoms with van der Waals surface area (Å²) >= 11 is 0. The summed E-state index contributed by atoms with van der Waals surface area (Å²) in [4.78, 5) is 1.96. The molecule has 0 heterocycles. The van der Waals surface area contributed by atoms with E-state index in [1.54, 1.807) is 6.20 Å². The van der Waals surface area contributed by atoms with Crippen molar-refractivity contribution in [2.24, 2.45) is 0 Å². The molecule has 1 nitrogen and oxygen atoms in total. The molecular formula is C14H21N. The van der Waals surface area contributed by atoms with Crippen LogP contribution in [-0.2, 0) is 0 Å². The molecule has 0 bridgehead atoms. The molecule has 15 heavy (non-hydrogen) atoms. The van der Waals surface area contributed by atoms with Crippen LogP contribution in [0.5, 0.6) is 0 Å². The maximum absolute atomic E-state index is 3.80. The zero-order valence-corrected chi connectivity index (χ0v) is 9.87. The van der Waals surface area contributed by atoms with Crippen molar-refractivity contribution in [3.8, 4) is 0 Å². The van der Waals surface area contributed by atoms with Gasteiger partial charge in [0.2, 0.25) is 0 Å². The minimum absolute atomic E-state index is 1.03. The first kappa shape index (κ1) is 13.5. The van der Waals surface area contributed by atoms with Gasteiger partial charge in [0.25, 0.3) is 0 Å². The molecule has 0 fully saturated rings. The van der Waals surface area contributed by atoms with Crippen LogP contribution in [0.4, 0.5) is 0 Å². The standard InChI is InChI=1S/C14H21N/c1-6-11-13(7-2)12-15(10-5)14(8-3)9-4/h7-10,12H,2-3,5-6,11H2,1,4H3/b13-12+,14-9+. The highest BCUT2D eigenvalue weighted by atomic mass is 15.1. The topological polar surface area (TPSA) is 3.24 Å². The molecule has 0 radical (unpaired) electrons. The smallest absolute Gasteiger partial charge is 0.0400 e. The van der Waals surface area contributed by atoms with Crippen LogP contribution in [-0.4, -0.2) is 4.90 Å². The summed E-state index contributed by atoms with van der Waals surface area (Å²) in [6.07, 6.45) is 11.7. The van der Waals surface area contributed by atoms with Crippen molar-refractivity contribution in [1.82, 2.24) is 4.90 Å². The van der Waals surface area contributed by atoms with Gasteiger partial charge in [-0.3, -0.25) is 0 Å². The molecule has 82 valence electrons. The molecule has 0 aliphatic carbocycles. The number of rotatable bonds is 7. The summed E-state index contributed by atoms with van der Waals surface area (Å²) in [6, 6.07) is 0. The summed E-state index contributed by atoms with van der Waals surface area (Å²) < 4.78 is 0. The van der Waals surface area contributed by atoms with Gasteiger partial charge in [-0.15, -0.1) is 0 Å². The Balaban J connectivity index is 4.88. The number of allylic oxidation sites excluding steroid dienone is 4. The fourth-order valence-electron chi connectivity index (χ4n) is 1.29. The van der Waals surface area contributed by atoms with Crippen molar-refractivity contribution in [2.75, 3.05) is 0 Å². The van der Waals surface area contributed by atoms with E-state index >= 15 is 0 Å². The lowest BCUT2D eigenvalue weighted by Crippen LogP contribution is -2.07. The van der Waals surface area contributed by atoms with Gasteiger partial charge in [0.1, 0.15) is 0 Å². The highest BCUT2D eigenvalue weighted by molar-refractivity contribution is 5.24. The molecule has 0 rings (SSSR count). The zero-order valence-electron chi connectivity index (χ0n) is 9.87. The first-order chi connectivity index (χ1) is 7.23. The Kier molecular flexibility index (Phi) is 7.08. The molecule has 0 saturated heterocycles. The second-order valence-corrected chi connectivity index (χ2v) is 3.17. The normalized spacial score (nSPS) is 12.1. The van der Waals surface area contributed by atoms with Crippen LogP contribution in [0, 0.1) is 0 Å². The van der Waals surface area contributed by atoms with Gasteiger partial charge >= 0.3 is 0 Å². The van der Waals surface area contributed by atoms with E-state index in [-0.39, 0.29) is 0 Å². The number of nitrogens with zero attached hydrogens (tertiary/aromatic N) is 1. The second kappa shape index (κ2) is 7.86. The molecule has 0 saturated carbocycles. The third kappa shape index (κ3) is 4.50. The predicted molar refractivity (Wildman–Crippen MR) is 69.2 cm³/mol. The van der Waals surface area contributed by atoms with E-state index in [4.69, 9.17) is 0 Å². The Labute approximate surface area is 93.8 Å². The second-order valence-electron chi connectivity index (χ2n) is 3.17. The first-order valence-corrected chi connectivity index (χ1v) is 5.26. The van der Waals surface area contributed by atoms with E-state index in [2.05, 4.69) is 26.7 Å². The third-order valence-corrected chi connectivity index (χ3v) is 2.11. The van der Waals surface area contributed by atoms with Crippen LogP contribution in [0.3, 0.4) is 0 Å². The van der Waals surface area contributed by atoms with Crippen molar-refractivity contribution in [1.29, 1.82) is 0 Å². The Morgan fingerprint density at radius 2 is 1.87 bits per heavy atom. The number of hydrogen-bond donors (Lipinski definition) is 0. The van der Waals surface area contributed by atoms with Gasteiger partial charge in [-0.2, -0.15) is 0 Å². The van der Waals surface area contributed by atoms with E-state index in [0.29, 0.717) is 0 Å². The van der Waals surface area contributed by atoms with Gasteiger partial charge in [0, 0.05) is 18.1 Å². The Morgan fingerprint density at radius 3 is 2.20 bits per heavy atom. The molecule has 0 aromatic carbocycles. The molecule has 0 aromatic rings. The molecule has 0 spiro atoms. The lowest BCUT2D eigenvalue weighted by atomic mass is 10.1. The van der Waals surface area contributed by atoms with Crippen molar-refractivity contribution in [3.63, 3.8) is 0 Å². The van der Waals surface area contributed by atoms with Crippen LogP contribution < -0.4 is 0 Å². The molecule has 1 heteroatoms. The van der Waals surface area contributed by atoms with Crippen molar-refractivity contribution >= 4 is 0 Å². The average molecular weight is 203 g/mol. The Bertz CT molecular complexity index is 282. The number of hydrogen-bond acceptors (Lipinski definition) is 1.